The van der Waals surface area contributed by atoms with Crippen molar-refractivity contribution in [2.75, 3.05) is 5.75 Å². The maximum Gasteiger partial charge on any atom is 0.313 e. The van der Waals surface area contributed by atoms with Crippen LogP contribution in [0, 0.1) is 6.92 Å². The summed E-state index contributed by atoms with van der Waals surface area (Å²) >= 11 is 7.25. The first kappa shape index (κ1) is 12.9. The third kappa shape index (κ3) is 2.83. The molecule has 2 rings (SSSR count). The van der Waals surface area contributed by atoms with Crippen molar-refractivity contribution in [2.24, 2.45) is 0 Å². The number of nitrogens with zero attached hydrogens (tertiary/aromatic N) is 3. The third-order valence-electron chi connectivity index (χ3n) is 2.20. The summed E-state index contributed by atoms with van der Waals surface area (Å²) in [5, 5.41) is 17.4. The average molecular weight is 284 g/mol. The molecular formula is C11H10ClN3O2S. The fraction of sp³-hybridized carbons (Fsp3) is 0.182. The topological polar surface area (TPSA) is 68.0 Å². The normalized spacial score (nSPS) is 10.6. The van der Waals surface area contributed by atoms with E-state index >= 15 is 0 Å². The molecule has 0 aliphatic carbocycles. The molecule has 94 valence electrons. The number of carboxylic acid groups (broad SMARTS) is 1. The Morgan fingerprint density at radius 1 is 1.56 bits per heavy atom. The predicted octanol–water partition coefficient (Wildman–Crippen LogP) is 2.41. The van der Waals surface area contributed by atoms with Gasteiger partial charge in [0, 0.05) is 0 Å². The van der Waals surface area contributed by atoms with Crippen LogP contribution in [0.25, 0.3) is 5.69 Å². The first-order chi connectivity index (χ1) is 8.58. The molecule has 0 radical (unpaired) electrons. The van der Waals surface area contributed by atoms with Gasteiger partial charge in [-0.25, -0.2) is 0 Å². The van der Waals surface area contributed by atoms with Gasteiger partial charge in [0.15, 0.2) is 5.16 Å². The maximum atomic E-state index is 10.5. The minimum Gasteiger partial charge on any atom is -0.481 e. The van der Waals surface area contributed by atoms with Crippen LogP contribution in [0.4, 0.5) is 0 Å². The number of halogens is 1. The lowest BCUT2D eigenvalue weighted by molar-refractivity contribution is -0.133. The van der Waals surface area contributed by atoms with E-state index in [1.165, 1.54) is 6.33 Å². The Morgan fingerprint density at radius 3 is 3.00 bits per heavy atom. The number of hydrogen-bond acceptors (Lipinski definition) is 4. The lowest BCUT2D eigenvalue weighted by atomic mass is 10.2. The molecule has 1 aromatic carbocycles. The van der Waals surface area contributed by atoms with Crippen LogP contribution in [-0.4, -0.2) is 31.6 Å². The van der Waals surface area contributed by atoms with E-state index in [2.05, 4.69) is 10.2 Å². The number of aryl methyl sites for hydroxylation is 1. The van der Waals surface area contributed by atoms with Gasteiger partial charge in [-0.15, -0.1) is 10.2 Å². The molecule has 1 N–H and O–H groups in total. The third-order valence-corrected chi connectivity index (χ3v) is 3.43. The second kappa shape index (κ2) is 5.41. The molecule has 0 amide bonds. The van der Waals surface area contributed by atoms with Crippen LogP contribution >= 0.6 is 23.4 Å². The zero-order chi connectivity index (χ0) is 13.1. The molecule has 0 fully saturated rings. The Morgan fingerprint density at radius 2 is 2.33 bits per heavy atom. The summed E-state index contributed by atoms with van der Waals surface area (Å²) in [4.78, 5) is 10.5. The highest BCUT2D eigenvalue weighted by Gasteiger charge is 2.11. The van der Waals surface area contributed by atoms with E-state index in [0.29, 0.717) is 10.2 Å². The molecule has 0 bridgehead atoms. The molecule has 2 aromatic rings. The largest absolute Gasteiger partial charge is 0.481 e. The Bertz CT molecular complexity index is 585. The van der Waals surface area contributed by atoms with Crippen molar-refractivity contribution in [2.45, 2.75) is 12.1 Å². The highest BCUT2D eigenvalue weighted by molar-refractivity contribution is 7.99. The van der Waals surface area contributed by atoms with Crippen LogP contribution in [0.2, 0.25) is 5.02 Å². The first-order valence-corrected chi connectivity index (χ1v) is 6.45. The lowest BCUT2D eigenvalue weighted by Gasteiger charge is -2.08. The van der Waals surface area contributed by atoms with Gasteiger partial charge in [0.25, 0.3) is 0 Å². The fourth-order valence-corrected chi connectivity index (χ4v) is 2.39. The Balaban J connectivity index is 2.33. The number of aromatic nitrogens is 3. The zero-order valence-corrected chi connectivity index (χ0v) is 11.1. The molecule has 7 heteroatoms. The van der Waals surface area contributed by atoms with Crippen molar-refractivity contribution in [3.8, 4) is 5.69 Å². The number of carboxylic acids is 1. The minimum absolute atomic E-state index is 0.0673. The van der Waals surface area contributed by atoms with E-state index in [-0.39, 0.29) is 5.75 Å². The highest BCUT2D eigenvalue weighted by Crippen LogP contribution is 2.25. The van der Waals surface area contributed by atoms with Crippen molar-refractivity contribution < 1.29 is 9.90 Å². The van der Waals surface area contributed by atoms with Crippen LogP contribution in [0.15, 0.2) is 29.7 Å². The second-order valence-corrected chi connectivity index (χ2v) is 4.97. The van der Waals surface area contributed by atoms with E-state index in [9.17, 15) is 4.79 Å². The van der Waals surface area contributed by atoms with Gasteiger partial charge in [0.05, 0.1) is 16.5 Å². The summed E-state index contributed by atoms with van der Waals surface area (Å²) in [6, 6.07) is 5.61. The molecule has 0 aliphatic rings. The van der Waals surface area contributed by atoms with Crippen molar-refractivity contribution in [1.82, 2.24) is 14.8 Å². The average Bonchev–Trinajstić information content (AvgIpc) is 2.74. The van der Waals surface area contributed by atoms with E-state index in [0.717, 1.165) is 23.0 Å². The van der Waals surface area contributed by atoms with Crippen molar-refractivity contribution >= 4 is 29.3 Å². The number of thioether (sulfide) groups is 1. The van der Waals surface area contributed by atoms with Crippen LogP contribution in [0.5, 0.6) is 0 Å². The van der Waals surface area contributed by atoms with E-state index in [1.54, 1.807) is 4.57 Å². The summed E-state index contributed by atoms with van der Waals surface area (Å²) in [7, 11) is 0. The standard InChI is InChI=1S/C11H10ClN3O2S/c1-7-2-3-9(8(12)4-7)15-6-13-14-11(15)18-5-10(16)17/h2-4,6H,5H2,1H3,(H,16,17). The summed E-state index contributed by atoms with van der Waals surface area (Å²) in [6.07, 6.45) is 1.51. The lowest BCUT2D eigenvalue weighted by Crippen LogP contribution is -2.01. The van der Waals surface area contributed by atoms with Crippen LogP contribution in [0.1, 0.15) is 5.56 Å². The molecule has 0 unspecified atom stereocenters. The maximum absolute atomic E-state index is 10.5. The van der Waals surface area contributed by atoms with Crippen LogP contribution in [-0.2, 0) is 4.79 Å². The van der Waals surface area contributed by atoms with Crippen molar-refractivity contribution in [3.05, 3.63) is 35.1 Å². The van der Waals surface area contributed by atoms with Gasteiger partial charge in [-0.3, -0.25) is 9.36 Å². The van der Waals surface area contributed by atoms with Gasteiger partial charge < -0.3 is 5.11 Å². The summed E-state index contributed by atoms with van der Waals surface area (Å²) in [6.45, 7) is 1.95. The van der Waals surface area contributed by atoms with Gasteiger partial charge in [-0.05, 0) is 24.6 Å². The van der Waals surface area contributed by atoms with Crippen molar-refractivity contribution in [1.29, 1.82) is 0 Å². The number of rotatable bonds is 4. The number of hydrogen-bond donors (Lipinski definition) is 1. The molecule has 5 nitrogen and oxygen atoms in total. The number of aliphatic carboxylic acids is 1. The Hall–Kier alpha value is -1.53. The molecular weight excluding hydrogens is 274 g/mol. The minimum atomic E-state index is -0.899. The predicted molar refractivity (Wildman–Crippen MR) is 69.5 cm³/mol. The molecule has 1 aromatic heterocycles. The monoisotopic (exact) mass is 283 g/mol. The summed E-state index contributed by atoms with van der Waals surface area (Å²) in [5.74, 6) is -0.966. The molecule has 18 heavy (non-hydrogen) atoms. The fourth-order valence-electron chi connectivity index (χ4n) is 1.42. The quantitative estimate of drug-likeness (QED) is 0.873. The number of benzene rings is 1. The van der Waals surface area contributed by atoms with E-state index in [4.69, 9.17) is 16.7 Å². The Labute approximate surface area is 113 Å². The molecule has 0 saturated heterocycles. The molecule has 0 aliphatic heterocycles. The summed E-state index contributed by atoms with van der Waals surface area (Å²) < 4.78 is 1.68. The highest BCUT2D eigenvalue weighted by atomic mass is 35.5. The number of carbonyl (C=O) groups is 1. The smallest absolute Gasteiger partial charge is 0.313 e. The zero-order valence-electron chi connectivity index (χ0n) is 9.50. The van der Waals surface area contributed by atoms with Crippen molar-refractivity contribution in [3.63, 3.8) is 0 Å². The summed E-state index contributed by atoms with van der Waals surface area (Å²) in [5.41, 5.74) is 1.79. The molecule has 0 spiro atoms. The first-order valence-electron chi connectivity index (χ1n) is 5.09. The van der Waals surface area contributed by atoms with Crippen LogP contribution < -0.4 is 0 Å². The van der Waals surface area contributed by atoms with Gasteiger partial charge in [-0.1, -0.05) is 29.4 Å². The van der Waals surface area contributed by atoms with Gasteiger partial charge in [-0.2, -0.15) is 0 Å². The van der Waals surface area contributed by atoms with Gasteiger partial charge in [0.2, 0.25) is 0 Å². The van der Waals surface area contributed by atoms with Crippen LogP contribution in [0.3, 0.4) is 0 Å². The van der Waals surface area contributed by atoms with E-state index in [1.807, 2.05) is 25.1 Å². The molecule has 1 heterocycles. The molecule has 0 atom stereocenters. The molecule has 0 saturated carbocycles. The van der Waals surface area contributed by atoms with E-state index < -0.39 is 5.97 Å². The Kier molecular flexibility index (Phi) is 3.88. The second-order valence-electron chi connectivity index (χ2n) is 3.62. The van der Waals surface area contributed by atoms with Gasteiger partial charge in [0.1, 0.15) is 6.33 Å². The van der Waals surface area contributed by atoms with Gasteiger partial charge >= 0.3 is 5.97 Å². The SMILES string of the molecule is Cc1ccc(-n2cnnc2SCC(=O)O)c(Cl)c1.